The molecule has 0 unspecified atom stereocenters. The molecule has 4 amide bonds. The topological polar surface area (TPSA) is 101 Å². The number of aryl methyl sites for hydroxylation is 1. The zero-order chi connectivity index (χ0) is 26.7. The predicted octanol–water partition coefficient (Wildman–Crippen LogP) is 3.18. The monoisotopic (exact) mass is 546 g/mol. The molecule has 0 spiro atoms. The lowest BCUT2D eigenvalue weighted by Gasteiger charge is -2.30. The average molecular weight is 547 g/mol. The van der Waals surface area contributed by atoms with E-state index in [0.29, 0.717) is 66.5 Å². The van der Waals surface area contributed by atoms with Gasteiger partial charge in [-0.15, -0.1) is 12.4 Å². The molecule has 2 aromatic rings. The fourth-order valence-electron chi connectivity index (χ4n) is 4.95. The molecule has 1 aromatic carbocycles. The van der Waals surface area contributed by atoms with Gasteiger partial charge >= 0.3 is 6.03 Å². The number of halogens is 2. The number of carbonyl (C=O) groups excluding carboxylic acids is 3. The van der Waals surface area contributed by atoms with Crippen LogP contribution in [0.2, 0.25) is 0 Å². The van der Waals surface area contributed by atoms with Crippen LogP contribution in [-0.2, 0) is 4.79 Å². The first-order valence-corrected chi connectivity index (χ1v) is 12.8. The van der Waals surface area contributed by atoms with Gasteiger partial charge in [0.15, 0.2) is 0 Å². The van der Waals surface area contributed by atoms with Gasteiger partial charge in [0, 0.05) is 56.2 Å². The molecule has 206 valence electrons. The second-order valence-corrected chi connectivity index (χ2v) is 9.33. The number of anilines is 1. The molecule has 1 fully saturated rings. The van der Waals surface area contributed by atoms with Crippen LogP contribution in [0.15, 0.2) is 18.2 Å². The van der Waals surface area contributed by atoms with Crippen molar-refractivity contribution in [2.24, 2.45) is 0 Å². The molecule has 11 heteroatoms. The number of urea groups is 1. The Labute approximate surface area is 228 Å². The third-order valence-corrected chi connectivity index (χ3v) is 7.10. The Kier molecular flexibility index (Phi) is 9.70. The number of nitrogens with one attached hydrogen (secondary N) is 3. The van der Waals surface area contributed by atoms with E-state index in [9.17, 15) is 18.8 Å². The number of carbonyl (C=O) groups is 3. The van der Waals surface area contributed by atoms with Crippen molar-refractivity contribution in [3.8, 4) is 0 Å². The minimum atomic E-state index is -0.513. The van der Waals surface area contributed by atoms with E-state index >= 15 is 0 Å². The molecular weight excluding hydrogens is 511 g/mol. The molecule has 2 aliphatic rings. The third kappa shape index (κ3) is 5.77. The zero-order valence-electron chi connectivity index (χ0n) is 22.3. The van der Waals surface area contributed by atoms with Gasteiger partial charge in [0.1, 0.15) is 5.82 Å². The van der Waals surface area contributed by atoms with Gasteiger partial charge in [-0.25, -0.2) is 14.1 Å². The van der Waals surface area contributed by atoms with E-state index in [0.717, 1.165) is 24.5 Å². The first-order chi connectivity index (χ1) is 17.8. The number of fused-ring (bicyclic) bond motifs is 1. The van der Waals surface area contributed by atoms with E-state index in [-0.39, 0.29) is 23.9 Å². The molecule has 4 rings (SSSR count). The maximum Gasteiger partial charge on any atom is 0.331 e. The van der Waals surface area contributed by atoms with Crippen molar-refractivity contribution >= 4 is 47.6 Å². The highest BCUT2D eigenvalue weighted by atomic mass is 35.5. The zero-order valence-corrected chi connectivity index (χ0v) is 23.1. The summed E-state index contributed by atoms with van der Waals surface area (Å²) >= 11 is 0. The van der Waals surface area contributed by atoms with Gasteiger partial charge in [-0.1, -0.05) is 13.8 Å². The first-order valence-electron chi connectivity index (χ1n) is 12.8. The average Bonchev–Trinajstić information content (AvgIpc) is 3.33. The summed E-state index contributed by atoms with van der Waals surface area (Å²) in [7, 11) is 0. The van der Waals surface area contributed by atoms with E-state index < -0.39 is 17.8 Å². The molecule has 3 N–H and O–H groups in total. The Balaban J connectivity index is 0.00000400. The van der Waals surface area contributed by atoms with E-state index in [2.05, 4.69) is 34.4 Å². The Hall–Kier alpha value is -3.21. The molecule has 2 aliphatic heterocycles. The van der Waals surface area contributed by atoms with Gasteiger partial charge in [-0.05, 0) is 56.8 Å². The number of hydrogen-bond acceptors (Lipinski definition) is 5. The van der Waals surface area contributed by atoms with E-state index in [4.69, 9.17) is 0 Å². The van der Waals surface area contributed by atoms with Crippen LogP contribution in [0.1, 0.15) is 46.7 Å². The maximum atomic E-state index is 14.2. The summed E-state index contributed by atoms with van der Waals surface area (Å²) in [4.78, 5) is 48.0. The molecule has 3 heterocycles. The summed E-state index contributed by atoms with van der Waals surface area (Å²) in [5.41, 5.74) is 3.36. The standard InChI is InChI=1S/C27H35FN6O3.ClH/c1-5-32(6-2)12-11-30-25(35)24-17(3)22(31-18(24)4)16-21-20-15-19(28)7-8-23(20)34(26(21)36)27(37)33-13-9-29-10-14-33;/h7-8,15-16,29,31H,5-6,9-14H2,1-4H3,(H,30,35);1H. The Morgan fingerprint density at radius 2 is 1.84 bits per heavy atom. The van der Waals surface area contributed by atoms with Crippen LogP contribution in [0.4, 0.5) is 14.9 Å². The fourth-order valence-corrected chi connectivity index (χ4v) is 4.95. The van der Waals surface area contributed by atoms with Crippen LogP contribution in [-0.4, -0.2) is 85.0 Å². The van der Waals surface area contributed by atoms with Gasteiger partial charge < -0.3 is 25.4 Å². The second kappa shape index (κ2) is 12.6. The molecule has 0 radical (unpaired) electrons. The van der Waals surface area contributed by atoms with E-state index in [1.54, 1.807) is 17.9 Å². The van der Waals surface area contributed by atoms with Crippen molar-refractivity contribution in [1.82, 2.24) is 25.4 Å². The van der Waals surface area contributed by atoms with Crippen LogP contribution >= 0.6 is 12.4 Å². The molecule has 38 heavy (non-hydrogen) atoms. The van der Waals surface area contributed by atoms with Crippen LogP contribution in [0, 0.1) is 19.7 Å². The lowest BCUT2D eigenvalue weighted by Crippen LogP contribution is -2.52. The van der Waals surface area contributed by atoms with Gasteiger partial charge in [0.2, 0.25) is 0 Å². The highest BCUT2D eigenvalue weighted by Crippen LogP contribution is 2.39. The Morgan fingerprint density at radius 3 is 2.50 bits per heavy atom. The normalized spacial score (nSPS) is 16.2. The smallest absolute Gasteiger partial charge is 0.331 e. The second-order valence-electron chi connectivity index (χ2n) is 9.33. The molecule has 9 nitrogen and oxygen atoms in total. The van der Waals surface area contributed by atoms with Crippen LogP contribution < -0.4 is 15.5 Å². The Morgan fingerprint density at radius 1 is 1.16 bits per heavy atom. The number of amides is 4. The largest absolute Gasteiger partial charge is 0.358 e. The number of benzene rings is 1. The first kappa shape index (κ1) is 29.3. The summed E-state index contributed by atoms with van der Waals surface area (Å²) in [5, 5.41) is 6.16. The van der Waals surface area contributed by atoms with Crippen molar-refractivity contribution in [1.29, 1.82) is 0 Å². The maximum absolute atomic E-state index is 14.2. The minimum absolute atomic E-state index is 0. The summed E-state index contributed by atoms with van der Waals surface area (Å²) in [5.74, 6) is -1.20. The van der Waals surface area contributed by atoms with Crippen LogP contribution in [0.5, 0.6) is 0 Å². The number of hydrogen-bond donors (Lipinski definition) is 3. The number of nitrogens with zero attached hydrogens (tertiary/aromatic N) is 3. The molecule has 1 saturated heterocycles. The lowest BCUT2D eigenvalue weighted by atomic mass is 10.0. The van der Waals surface area contributed by atoms with E-state index in [1.165, 1.54) is 18.2 Å². The van der Waals surface area contributed by atoms with Gasteiger partial charge in [-0.2, -0.15) is 0 Å². The van der Waals surface area contributed by atoms with Gasteiger partial charge in [0.05, 0.1) is 16.8 Å². The number of aromatic nitrogens is 1. The number of rotatable bonds is 7. The molecule has 0 bridgehead atoms. The number of H-pyrrole nitrogens is 1. The minimum Gasteiger partial charge on any atom is -0.358 e. The Bertz CT molecular complexity index is 1230. The van der Waals surface area contributed by atoms with Crippen molar-refractivity contribution in [3.63, 3.8) is 0 Å². The van der Waals surface area contributed by atoms with Crippen LogP contribution in [0.3, 0.4) is 0 Å². The number of imide groups is 1. The summed E-state index contributed by atoms with van der Waals surface area (Å²) in [6.07, 6.45) is 1.61. The van der Waals surface area contributed by atoms with Gasteiger partial charge in [0.25, 0.3) is 11.8 Å². The number of aromatic amines is 1. The van der Waals surface area contributed by atoms with Crippen molar-refractivity contribution in [2.45, 2.75) is 27.7 Å². The lowest BCUT2D eigenvalue weighted by molar-refractivity contribution is -0.112. The SMILES string of the molecule is CCN(CC)CCNC(=O)c1c(C)[nH]c(C=C2C(=O)N(C(=O)N3CCNCC3)c3ccc(F)cc32)c1C.Cl. The molecule has 0 saturated carbocycles. The molecule has 1 aromatic heterocycles. The van der Waals surface area contributed by atoms with Crippen molar-refractivity contribution in [3.05, 3.63) is 52.1 Å². The summed E-state index contributed by atoms with van der Waals surface area (Å²) in [6.45, 7) is 13.1. The number of piperazine rings is 1. The fraction of sp³-hybridized carbons (Fsp3) is 0.444. The van der Waals surface area contributed by atoms with Crippen molar-refractivity contribution < 1.29 is 18.8 Å². The third-order valence-electron chi connectivity index (χ3n) is 7.10. The number of likely N-dealkylation sites (N-methyl/N-ethyl adjacent to an activating group) is 1. The molecule has 0 aliphatic carbocycles. The van der Waals surface area contributed by atoms with Crippen LogP contribution in [0.25, 0.3) is 11.6 Å². The van der Waals surface area contributed by atoms with E-state index in [1.807, 2.05) is 6.92 Å². The van der Waals surface area contributed by atoms with Crippen molar-refractivity contribution in [2.75, 3.05) is 57.3 Å². The highest BCUT2D eigenvalue weighted by Gasteiger charge is 2.39. The molecular formula is C27H36ClFN6O3. The summed E-state index contributed by atoms with van der Waals surface area (Å²) in [6, 6.07) is 3.56. The summed E-state index contributed by atoms with van der Waals surface area (Å²) < 4.78 is 14.2. The predicted molar refractivity (Wildman–Crippen MR) is 149 cm³/mol. The highest BCUT2D eigenvalue weighted by molar-refractivity contribution is 6.42. The van der Waals surface area contributed by atoms with Gasteiger partial charge in [-0.3, -0.25) is 9.59 Å². The quantitative estimate of drug-likeness (QED) is 0.463. The molecule has 0 atom stereocenters.